The Hall–Kier alpha value is -7.99. The lowest BCUT2D eigenvalue weighted by Crippen LogP contribution is -2.00. The Bertz CT molecular complexity index is 3850. The van der Waals surface area contributed by atoms with Crippen LogP contribution in [-0.4, -0.2) is 19.5 Å². The lowest BCUT2D eigenvalue weighted by molar-refractivity contribution is 1.07. The second kappa shape index (κ2) is 14.9. The predicted octanol–water partition coefficient (Wildman–Crippen LogP) is 15.3. The van der Waals surface area contributed by atoms with E-state index in [-0.39, 0.29) is 47.0 Å². The summed E-state index contributed by atoms with van der Waals surface area (Å²) in [5, 5.41) is 2.71. The zero-order chi connectivity index (χ0) is 46.2. The molecule has 0 unspecified atom stereocenters. The highest BCUT2D eigenvalue weighted by Crippen LogP contribution is 2.44. The number of aromatic nitrogens is 4. The van der Waals surface area contributed by atoms with Gasteiger partial charge < -0.3 is 4.57 Å². The lowest BCUT2D eigenvalue weighted by Gasteiger charge is -2.17. The van der Waals surface area contributed by atoms with Crippen LogP contribution in [0.4, 0.5) is 0 Å². The van der Waals surface area contributed by atoms with Gasteiger partial charge in [-0.15, -0.1) is 11.3 Å². The Balaban J connectivity index is 1.01. The van der Waals surface area contributed by atoms with Crippen molar-refractivity contribution in [3.05, 3.63) is 218 Å². The van der Waals surface area contributed by atoms with Gasteiger partial charge in [0, 0.05) is 58.8 Å². The minimum atomic E-state index is -0.149. The van der Waals surface area contributed by atoms with Crippen LogP contribution in [0.5, 0.6) is 0 Å². The van der Waals surface area contributed by atoms with Crippen LogP contribution in [0.25, 0.3) is 115 Å². The highest BCUT2D eigenvalue weighted by Gasteiger charge is 2.19. The Morgan fingerprint density at radius 2 is 0.887 bits per heavy atom. The molecule has 0 saturated heterocycles. The van der Waals surface area contributed by atoms with Crippen molar-refractivity contribution in [1.82, 2.24) is 19.5 Å². The van der Waals surface area contributed by atoms with Crippen LogP contribution in [0.1, 0.15) is 8.22 Å². The Labute approximate surface area is 371 Å². The molecule has 12 aromatic rings. The van der Waals surface area contributed by atoms with Crippen LogP contribution < -0.4 is 0 Å². The molecule has 0 aliphatic heterocycles. The molecule has 0 saturated carbocycles. The molecular weight excluding hydrogens is 773 g/mol. The van der Waals surface area contributed by atoms with Crippen molar-refractivity contribution in [3.8, 4) is 73.2 Å². The SMILES string of the molecule is [2H]c1cc([2H])c2c(c1[2H])c1c([2H])c([2H])cc([2H])c1n2-c1ccc(-c2ccc(-c3cccc(-c4nc(-c5ccccc5)nc(-c5ccccc5)n4)c3)cc2)cc1-c1cccc2c1sc1ccccc12. The molecule has 0 atom stereocenters. The molecule has 0 N–H and O–H groups in total. The van der Waals surface area contributed by atoms with Crippen molar-refractivity contribution in [2.24, 2.45) is 0 Å². The first-order chi connectivity index (χ1) is 33.2. The molecule has 9 aromatic carbocycles. The summed E-state index contributed by atoms with van der Waals surface area (Å²) in [5.41, 5.74) is 9.70. The van der Waals surface area contributed by atoms with Crippen LogP contribution in [0, 0.1) is 0 Å². The molecule has 4 nitrogen and oxygen atoms in total. The zero-order valence-corrected chi connectivity index (χ0v) is 33.8. The summed E-state index contributed by atoms with van der Waals surface area (Å²) in [5.74, 6) is 1.78. The van der Waals surface area contributed by atoms with Gasteiger partial charge in [0.1, 0.15) is 0 Å². The van der Waals surface area contributed by atoms with Crippen LogP contribution >= 0.6 is 11.3 Å². The molecule has 0 fully saturated rings. The normalized spacial score (nSPS) is 12.9. The van der Waals surface area contributed by atoms with Crippen LogP contribution in [0.3, 0.4) is 0 Å². The average Bonchev–Trinajstić information content (AvgIpc) is 3.96. The second-order valence-electron chi connectivity index (χ2n) is 15.1. The quantitative estimate of drug-likeness (QED) is 0.161. The highest BCUT2D eigenvalue weighted by molar-refractivity contribution is 7.26. The number of rotatable bonds is 7. The van der Waals surface area contributed by atoms with Crippen LogP contribution in [0.15, 0.2) is 218 Å². The first kappa shape index (κ1) is 30.1. The molecule has 62 heavy (non-hydrogen) atoms. The molecule has 3 aromatic heterocycles. The molecule has 3 heterocycles. The predicted molar refractivity (Wildman–Crippen MR) is 260 cm³/mol. The number of fused-ring (bicyclic) bond motifs is 6. The van der Waals surface area contributed by atoms with E-state index in [4.69, 9.17) is 20.4 Å². The maximum absolute atomic E-state index is 9.22. The van der Waals surface area contributed by atoms with E-state index >= 15 is 0 Å². The topological polar surface area (TPSA) is 43.6 Å². The summed E-state index contributed by atoms with van der Waals surface area (Å²) in [6.07, 6.45) is 0. The first-order valence-electron chi connectivity index (χ1n) is 23.3. The number of para-hydroxylation sites is 2. The fraction of sp³-hybridized carbons (Fsp3) is 0. The van der Waals surface area contributed by atoms with Crippen molar-refractivity contribution < 1.29 is 8.22 Å². The molecule has 290 valence electrons. The summed E-state index contributed by atoms with van der Waals surface area (Å²) < 4.78 is 57.7. The van der Waals surface area contributed by atoms with E-state index in [2.05, 4.69) is 72.8 Å². The van der Waals surface area contributed by atoms with E-state index in [1.54, 1.807) is 11.3 Å². The minimum absolute atomic E-state index is 0.000972. The molecule has 5 heteroatoms. The number of hydrogen-bond donors (Lipinski definition) is 0. The van der Waals surface area contributed by atoms with Crippen molar-refractivity contribution in [2.45, 2.75) is 0 Å². The number of hydrogen-bond acceptors (Lipinski definition) is 4. The third kappa shape index (κ3) is 6.18. The second-order valence-corrected chi connectivity index (χ2v) is 16.2. The number of benzene rings is 9. The standard InChI is InChI=1S/C57H36N4S/c1-3-15-39(16-4-1)55-58-56(40-17-5-2-6-18-40)60-57(59-55)43-20-13-19-41(35-43)37-29-31-38(32-30-37)42-33-34-52(61-50-26-10-7-21-44(50)45-22-8-11-27-51(45)61)49(36-42)48-25-14-24-47-46-23-9-12-28-53(46)62-54(47)48/h1-36H/i7D,8D,21D,22D,26D,27D. The van der Waals surface area contributed by atoms with Crippen LogP contribution in [-0.2, 0) is 0 Å². The van der Waals surface area contributed by atoms with Crippen LogP contribution in [0.2, 0.25) is 0 Å². The Morgan fingerprint density at radius 3 is 1.55 bits per heavy atom. The largest absolute Gasteiger partial charge is 0.309 e. The molecule has 0 radical (unpaired) electrons. The molecular formula is C57H36N4S. The third-order valence-corrected chi connectivity index (χ3v) is 12.7. The van der Waals surface area contributed by atoms with Gasteiger partial charge in [-0.25, -0.2) is 15.0 Å². The van der Waals surface area contributed by atoms with Gasteiger partial charge in [0.25, 0.3) is 0 Å². The first-order valence-corrected chi connectivity index (χ1v) is 21.2. The molecule has 12 rings (SSSR count). The van der Waals surface area contributed by atoms with E-state index in [1.165, 1.54) is 12.1 Å². The van der Waals surface area contributed by atoms with E-state index in [9.17, 15) is 2.74 Å². The summed E-state index contributed by atoms with van der Waals surface area (Å²) in [6, 6.07) is 59.5. The van der Waals surface area contributed by atoms with Gasteiger partial charge >= 0.3 is 0 Å². The average molecular weight is 815 g/mol. The Kier molecular flexibility index (Phi) is 7.25. The van der Waals surface area contributed by atoms with Gasteiger partial charge in [-0.05, 0) is 58.6 Å². The number of nitrogens with zero attached hydrogens (tertiary/aromatic N) is 4. The minimum Gasteiger partial charge on any atom is -0.309 e. The Morgan fingerprint density at radius 1 is 0.371 bits per heavy atom. The van der Waals surface area contributed by atoms with Crippen molar-refractivity contribution >= 4 is 53.3 Å². The van der Waals surface area contributed by atoms with E-state index in [0.717, 1.165) is 70.2 Å². The van der Waals surface area contributed by atoms with Gasteiger partial charge in [-0.2, -0.15) is 0 Å². The molecule has 0 aliphatic carbocycles. The summed E-state index contributed by atoms with van der Waals surface area (Å²) in [4.78, 5) is 14.8. The van der Waals surface area contributed by atoms with E-state index in [1.807, 2.05) is 102 Å². The molecule has 0 amide bonds. The summed E-state index contributed by atoms with van der Waals surface area (Å²) in [7, 11) is 0. The van der Waals surface area contributed by atoms with Gasteiger partial charge in [-0.3, -0.25) is 0 Å². The smallest absolute Gasteiger partial charge is 0.164 e. The maximum Gasteiger partial charge on any atom is 0.164 e. The number of thiophene rings is 1. The van der Waals surface area contributed by atoms with Gasteiger partial charge in [0.2, 0.25) is 0 Å². The summed E-state index contributed by atoms with van der Waals surface area (Å²) >= 11 is 1.71. The highest BCUT2D eigenvalue weighted by atomic mass is 32.1. The van der Waals surface area contributed by atoms with Crippen molar-refractivity contribution in [3.63, 3.8) is 0 Å². The summed E-state index contributed by atoms with van der Waals surface area (Å²) in [6.45, 7) is 0. The van der Waals surface area contributed by atoms with Crippen molar-refractivity contribution in [2.75, 3.05) is 0 Å². The molecule has 0 bridgehead atoms. The van der Waals surface area contributed by atoms with E-state index < -0.39 is 0 Å². The zero-order valence-electron chi connectivity index (χ0n) is 39.0. The third-order valence-electron chi connectivity index (χ3n) is 11.4. The van der Waals surface area contributed by atoms with Gasteiger partial charge in [0.05, 0.1) is 24.9 Å². The maximum atomic E-state index is 9.22. The van der Waals surface area contributed by atoms with Gasteiger partial charge in [0.15, 0.2) is 17.5 Å². The van der Waals surface area contributed by atoms with E-state index in [0.29, 0.717) is 34.2 Å². The molecule has 0 spiro atoms. The fourth-order valence-electron chi connectivity index (χ4n) is 8.47. The monoisotopic (exact) mass is 814 g/mol. The lowest BCUT2D eigenvalue weighted by atomic mass is 9.94. The fourth-order valence-corrected chi connectivity index (χ4v) is 9.70. The van der Waals surface area contributed by atoms with Crippen molar-refractivity contribution in [1.29, 1.82) is 0 Å². The van der Waals surface area contributed by atoms with Gasteiger partial charge in [-0.1, -0.05) is 182 Å². The molecule has 0 aliphatic rings.